The highest BCUT2D eigenvalue weighted by Crippen LogP contribution is 2.25. The van der Waals surface area contributed by atoms with E-state index < -0.39 is 5.97 Å². The summed E-state index contributed by atoms with van der Waals surface area (Å²) in [4.78, 5) is 20.0. The van der Waals surface area contributed by atoms with Crippen LogP contribution in [-0.4, -0.2) is 40.3 Å². The van der Waals surface area contributed by atoms with E-state index in [9.17, 15) is 4.79 Å². The fraction of sp³-hybridized carbons (Fsp3) is 0.643. The Hall–Kier alpha value is -1.69. The summed E-state index contributed by atoms with van der Waals surface area (Å²) < 4.78 is 5.32. The number of anilines is 1. The van der Waals surface area contributed by atoms with Crippen molar-refractivity contribution in [1.29, 1.82) is 0 Å². The Morgan fingerprint density at radius 2 is 2.15 bits per heavy atom. The van der Waals surface area contributed by atoms with Gasteiger partial charge in [0.15, 0.2) is 0 Å². The van der Waals surface area contributed by atoms with E-state index in [-0.39, 0.29) is 5.92 Å². The second-order valence-electron chi connectivity index (χ2n) is 5.47. The number of aromatic nitrogens is 2. The molecule has 0 radical (unpaired) electrons. The lowest BCUT2D eigenvalue weighted by Gasteiger charge is -2.24. The van der Waals surface area contributed by atoms with Gasteiger partial charge in [0.2, 0.25) is 5.95 Å². The van der Waals surface area contributed by atoms with Crippen LogP contribution in [0, 0.1) is 5.92 Å². The molecule has 6 nitrogen and oxygen atoms in total. The molecule has 2 aliphatic rings. The van der Waals surface area contributed by atoms with E-state index in [1.54, 1.807) is 0 Å². The summed E-state index contributed by atoms with van der Waals surface area (Å²) in [6, 6.07) is 0.348. The highest BCUT2D eigenvalue weighted by atomic mass is 16.5. The van der Waals surface area contributed by atoms with E-state index in [1.165, 1.54) is 0 Å². The van der Waals surface area contributed by atoms with Gasteiger partial charge in [-0.2, -0.15) is 0 Å². The van der Waals surface area contributed by atoms with E-state index in [4.69, 9.17) is 9.84 Å². The predicted octanol–water partition coefficient (Wildman–Crippen LogP) is 1.26. The van der Waals surface area contributed by atoms with E-state index in [2.05, 4.69) is 15.3 Å². The number of carboxylic acid groups (broad SMARTS) is 1. The number of carbonyl (C=O) groups is 1. The van der Waals surface area contributed by atoms with Gasteiger partial charge < -0.3 is 15.2 Å². The number of hydrogen-bond acceptors (Lipinski definition) is 5. The van der Waals surface area contributed by atoms with Gasteiger partial charge in [0.25, 0.3) is 0 Å². The molecule has 1 fully saturated rings. The Labute approximate surface area is 117 Å². The number of hydrogen-bond donors (Lipinski definition) is 2. The van der Waals surface area contributed by atoms with Crippen LogP contribution in [-0.2, 0) is 22.4 Å². The molecule has 20 heavy (non-hydrogen) atoms. The van der Waals surface area contributed by atoms with Crippen molar-refractivity contribution in [2.45, 2.75) is 38.1 Å². The van der Waals surface area contributed by atoms with Gasteiger partial charge in [0.05, 0.1) is 5.92 Å². The highest BCUT2D eigenvalue weighted by molar-refractivity contribution is 5.70. The van der Waals surface area contributed by atoms with Crippen LogP contribution in [0.3, 0.4) is 0 Å². The minimum absolute atomic E-state index is 0.312. The first-order valence-electron chi connectivity index (χ1n) is 7.14. The van der Waals surface area contributed by atoms with E-state index in [1.807, 2.05) is 6.20 Å². The van der Waals surface area contributed by atoms with Crippen molar-refractivity contribution in [1.82, 2.24) is 9.97 Å². The quantitative estimate of drug-likeness (QED) is 0.865. The fourth-order valence-corrected chi connectivity index (χ4v) is 2.80. The first-order chi connectivity index (χ1) is 9.72. The van der Waals surface area contributed by atoms with Crippen molar-refractivity contribution in [2.75, 3.05) is 18.5 Å². The normalized spacial score (nSPS) is 23.1. The van der Waals surface area contributed by atoms with Gasteiger partial charge >= 0.3 is 5.97 Å². The predicted molar refractivity (Wildman–Crippen MR) is 72.6 cm³/mol. The van der Waals surface area contributed by atoms with Crippen LogP contribution in [0.2, 0.25) is 0 Å². The Bertz CT molecular complexity index is 500. The van der Waals surface area contributed by atoms with Crippen LogP contribution < -0.4 is 5.32 Å². The Morgan fingerprint density at radius 1 is 1.35 bits per heavy atom. The minimum atomic E-state index is -0.729. The Balaban J connectivity index is 1.71. The molecule has 1 atom stereocenters. The average molecular weight is 277 g/mol. The third-order valence-corrected chi connectivity index (χ3v) is 4.06. The smallest absolute Gasteiger partial charge is 0.306 e. The van der Waals surface area contributed by atoms with Crippen molar-refractivity contribution in [3.05, 3.63) is 17.5 Å². The summed E-state index contributed by atoms with van der Waals surface area (Å²) >= 11 is 0. The lowest BCUT2D eigenvalue weighted by atomic mass is 9.88. The van der Waals surface area contributed by atoms with Crippen molar-refractivity contribution in [3.8, 4) is 0 Å². The van der Waals surface area contributed by atoms with Crippen LogP contribution in [0.5, 0.6) is 0 Å². The zero-order valence-corrected chi connectivity index (χ0v) is 11.3. The summed E-state index contributed by atoms with van der Waals surface area (Å²) in [5.74, 6) is -0.428. The number of aliphatic carboxylic acids is 1. The molecule has 1 aromatic heterocycles. The molecule has 0 aromatic carbocycles. The Morgan fingerprint density at radius 3 is 2.90 bits per heavy atom. The molecule has 2 N–H and O–H groups in total. The second kappa shape index (κ2) is 5.75. The molecule has 0 spiro atoms. The van der Waals surface area contributed by atoms with Gasteiger partial charge in [-0.3, -0.25) is 4.79 Å². The van der Waals surface area contributed by atoms with Crippen molar-refractivity contribution >= 4 is 11.9 Å². The zero-order valence-electron chi connectivity index (χ0n) is 11.3. The molecule has 1 aliphatic heterocycles. The number of nitrogens with one attached hydrogen (secondary N) is 1. The summed E-state index contributed by atoms with van der Waals surface area (Å²) in [7, 11) is 0. The molecule has 1 unspecified atom stereocenters. The third kappa shape index (κ3) is 2.90. The number of fused-ring (bicyclic) bond motifs is 1. The summed E-state index contributed by atoms with van der Waals surface area (Å²) in [5.41, 5.74) is 1.97. The molecular formula is C14H19N3O3. The van der Waals surface area contributed by atoms with Crippen LogP contribution in [0.25, 0.3) is 0 Å². The number of aryl methyl sites for hydroxylation is 1. The summed E-state index contributed by atoms with van der Waals surface area (Å²) in [5, 5.41) is 12.4. The highest BCUT2D eigenvalue weighted by Gasteiger charge is 2.26. The van der Waals surface area contributed by atoms with Gasteiger partial charge in [-0.05, 0) is 31.2 Å². The fourth-order valence-electron chi connectivity index (χ4n) is 2.80. The maximum absolute atomic E-state index is 11.1. The summed E-state index contributed by atoms with van der Waals surface area (Å²) in [6.45, 7) is 1.54. The second-order valence-corrected chi connectivity index (χ2v) is 5.47. The monoisotopic (exact) mass is 277 g/mol. The molecule has 6 heteroatoms. The SMILES string of the molecule is O=C(O)C1CCc2cnc(NC3CCOCC3)nc2C1. The average Bonchev–Trinajstić information content (AvgIpc) is 2.47. The molecule has 0 amide bonds. The number of carboxylic acids is 1. The molecular weight excluding hydrogens is 258 g/mol. The van der Waals surface area contributed by atoms with Gasteiger partial charge in [0.1, 0.15) is 0 Å². The standard InChI is InChI=1S/C14H19N3O3/c18-13(19)9-1-2-10-8-15-14(17-12(10)7-9)16-11-3-5-20-6-4-11/h8-9,11H,1-7H2,(H,18,19)(H,15,16,17). The minimum Gasteiger partial charge on any atom is -0.481 e. The van der Waals surface area contributed by atoms with Gasteiger partial charge in [-0.25, -0.2) is 9.97 Å². The maximum Gasteiger partial charge on any atom is 0.306 e. The lowest BCUT2D eigenvalue weighted by Crippen LogP contribution is -2.29. The van der Waals surface area contributed by atoms with Crippen molar-refractivity contribution in [2.24, 2.45) is 5.92 Å². The number of ether oxygens (including phenoxy) is 1. The van der Waals surface area contributed by atoms with Crippen molar-refractivity contribution in [3.63, 3.8) is 0 Å². The maximum atomic E-state index is 11.1. The largest absolute Gasteiger partial charge is 0.481 e. The number of rotatable bonds is 3. The van der Waals surface area contributed by atoms with Crippen LogP contribution in [0.4, 0.5) is 5.95 Å². The topological polar surface area (TPSA) is 84.3 Å². The van der Waals surface area contributed by atoms with Crippen molar-refractivity contribution < 1.29 is 14.6 Å². The molecule has 1 aliphatic carbocycles. The molecule has 1 aromatic rings. The molecule has 2 heterocycles. The number of nitrogens with zero attached hydrogens (tertiary/aromatic N) is 2. The van der Waals surface area contributed by atoms with Crippen LogP contribution in [0.1, 0.15) is 30.5 Å². The third-order valence-electron chi connectivity index (χ3n) is 4.06. The lowest BCUT2D eigenvalue weighted by molar-refractivity contribution is -0.142. The van der Waals surface area contributed by atoms with Crippen LogP contribution in [0.15, 0.2) is 6.20 Å². The first kappa shape index (κ1) is 13.3. The molecule has 3 rings (SSSR count). The summed E-state index contributed by atoms with van der Waals surface area (Å²) in [6.07, 6.45) is 5.69. The van der Waals surface area contributed by atoms with Gasteiger partial charge in [-0.15, -0.1) is 0 Å². The zero-order chi connectivity index (χ0) is 13.9. The van der Waals surface area contributed by atoms with Gasteiger partial charge in [0, 0.05) is 37.6 Å². The molecule has 0 saturated carbocycles. The van der Waals surface area contributed by atoms with E-state index in [0.717, 1.165) is 43.7 Å². The molecule has 0 bridgehead atoms. The van der Waals surface area contributed by atoms with Crippen LogP contribution >= 0.6 is 0 Å². The van der Waals surface area contributed by atoms with E-state index >= 15 is 0 Å². The van der Waals surface area contributed by atoms with Gasteiger partial charge in [-0.1, -0.05) is 0 Å². The first-order valence-corrected chi connectivity index (χ1v) is 7.14. The Kier molecular flexibility index (Phi) is 3.82. The van der Waals surface area contributed by atoms with E-state index in [0.29, 0.717) is 24.8 Å². The molecule has 1 saturated heterocycles. The molecule has 108 valence electrons.